The number of hydrogen-bond donors (Lipinski definition) is 3. The third-order valence-electron chi connectivity index (χ3n) is 5.48. The zero-order valence-corrected chi connectivity index (χ0v) is 17.6. The summed E-state index contributed by atoms with van der Waals surface area (Å²) in [6, 6.07) is 3.04. The topological polar surface area (TPSA) is 135 Å². The van der Waals surface area contributed by atoms with Crippen molar-refractivity contribution in [3.05, 3.63) is 23.5 Å². The summed E-state index contributed by atoms with van der Waals surface area (Å²) in [5, 5.41) is 23.6. The van der Waals surface area contributed by atoms with Gasteiger partial charge in [0.25, 0.3) is 5.91 Å². The van der Waals surface area contributed by atoms with Crippen LogP contribution < -0.4 is 10.1 Å². The number of amides is 2. The molecule has 0 radical (unpaired) electrons. The molecule has 11 heteroatoms. The Morgan fingerprint density at radius 3 is 2.80 bits per heavy atom. The zero-order chi connectivity index (χ0) is 21.8. The van der Waals surface area contributed by atoms with E-state index < -0.39 is 6.09 Å². The molecular formula is C19H28N6O5. The predicted molar refractivity (Wildman–Crippen MR) is 108 cm³/mol. The van der Waals surface area contributed by atoms with Gasteiger partial charge in [0.15, 0.2) is 5.82 Å². The Balaban J connectivity index is 1.64. The number of rotatable bonds is 8. The summed E-state index contributed by atoms with van der Waals surface area (Å²) >= 11 is 0. The Morgan fingerprint density at radius 2 is 2.17 bits per heavy atom. The minimum Gasteiger partial charge on any atom is -0.480 e. The van der Waals surface area contributed by atoms with Gasteiger partial charge in [-0.25, -0.2) is 4.79 Å². The van der Waals surface area contributed by atoms with Gasteiger partial charge >= 0.3 is 6.09 Å². The molecule has 2 unspecified atom stereocenters. The van der Waals surface area contributed by atoms with E-state index in [-0.39, 0.29) is 23.9 Å². The maximum Gasteiger partial charge on any atom is 0.407 e. The van der Waals surface area contributed by atoms with Gasteiger partial charge in [-0.2, -0.15) is 5.10 Å². The maximum atomic E-state index is 12.5. The number of aryl methyl sites for hydroxylation is 1. The second-order valence-corrected chi connectivity index (χ2v) is 7.52. The van der Waals surface area contributed by atoms with Crippen molar-refractivity contribution in [1.29, 1.82) is 0 Å². The van der Waals surface area contributed by atoms with Gasteiger partial charge in [-0.3, -0.25) is 14.6 Å². The van der Waals surface area contributed by atoms with Gasteiger partial charge in [-0.15, -0.1) is 5.10 Å². The van der Waals surface area contributed by atoms with E-state index in [0.717, 1.165) is 18.5 Å². The fraction of sp³-hybridized carbons (Fsp3) is 0.579. The molecule has 1 aliphatic rings. The maximum absolute atomic E-state index is 12.5. The first-order chi connectivity index (χ1) is 14.3. The van der Waals surface area contributed by atoms with Crippen LogP contribution in [0, 0.1) is 0 Å². The first-order valence-electron chi connectivity index (χ1n) is 9.78. The molecule has 3 N–H and O–H groups in total. The van der Waals surface area contributed by atoms with Gasteiger partial charge in [0.2, 0.25) is 5.88 Å². The summed E-state index contributed by atoms with van der Waals surface area (Å²) in [6.07, 6.45) is 1.35. The number of carbonyl (C=O) groups excluding carboxylic acids is 1. The van der Waals surface area contributed by atoms with Crippen LogP contribution in [0.25, 0.3) is 0 Å². The number of nitrogens with one attached hydrogen (secondary N) is 2. The van der Waals surface area contributed by atoms with Crippen LogP contribution in [0.4, 0.5) is 10.6 Å². The predicted octanol–water partition coefficient (Wildman–Crippen LogP) is 2.06. The minimum atomic E-state index is -0.936. The van der Waals surface area contributed by atoms with Crippen LogP contribution >= 0.6 is 0 Å². The number of hydrogen-bond acceptors (Lipinski definition) is 6. The van der Waals surface area contributed by atoms with Crippen molar-refractivity contribution in [3.63, 3.8) is 0 Å². The van der Waals surface area contributed by atoms with Gasteiger partial charge < -0.3 is 24.8 Å². The SMILES string of the molecule is COC[C@H](C)N(C(=O)O)C1CCC(c2cc(NC(=O)c3cc(OC)nn3C)n[nH]2)C1. The van der Waals surface area contributed by atoms with Crippen molar-refractivity contribution in [2.75, 3.05) is 26.1 Å². The average Bonchev–Trinajstić information content (AvgIpc) is 3.41. The van der Waals surface area contributed by atoms with E-state index in [1.165, 1.54) is 16.7 Å². The molecule has 11 nitrogen and oxygen atoms in total. The normalized spacial score (nSPS) is 19.5. The van der Waals surface area contributed by atoms with E-state index in [4.69, 9.17) is 9.47 Å². The fourth-order valence-corrected chi connectivity index (χ4v) is 4.06. The lowest BCUT2D eigenvalue weighted by Gasteiger charge is -2.31. The molecule has 3 rings (SSSR count). The number of anilines is 1. The zero-order valence-electron chi connectivity index (χ0n) is 17.6. The van der Waals surface area contributed by atoms with Crippen LogP contribution in [0.3, 0.4) is 0 Å². The van der Waals surface area contributed by atoms with Crippen molar-refractivity contribution in [2.24, 2.45) is 7.05 Å². The van der Waals surface area contributed by atoms with Crippen molar-refractivity contribution in [1.82, 2.24) is 24.9 Å². The summed E-state index contributed by atoms with van der Waals surface area (Å²) in [6.45, 7) is 2.20. The van der Waals surface area contributed by atoms with Gasteiger partial charge in [0.05, 0.1) is 19.8 Å². The van der Waals surface area contributed by atoms with E-state index in [9.17, 15) is 14.7 Å². The third-order valence-corrected chi connectivity index (χ3v) is 5.48. The molecule has 1 aliphatic carbocycles. The quantitative estimate of drug-likeness (QED) is 0.595. The highest BCUT2D eigenvalue weighted by Crippen LogP contribution is 2.37. The largest absolute Gasteiger partial charge is 0.480 e. The van der Waals surface area contributed by atoms with Crippen LogP contribution in [-0.4, -0.2) is 74.9 Å². The van der Waals surface area contributed by atoms with Crippen molar-refractivity contribution >= 4 is 17.8 Å². The van der Waals surface area contributed by atoms with E-state index in [1.807, 2.05) is 6.92 Å². The van der Waals surface area contributed by atoms with Gasteiger partial charge in [0, 0.05) is 43.9 Å². The van der Waals surface area contributed by atoms with Crippen LogP contribution in [0.2, 0.25) is 0 Å². The second-order valence-electron chi connectivity index (χ2n) is 7.52. The number of methoxy groups -OCH3 is 2. The summed E-state index contributed by atoms with van der Waals surface area (Å²) in [4.78, 5) is 25.7. The van der Waals surface area contributed by atoms with Gasteiger partial charge in [0.1, 0.15) is 5.69 Å². The number of nitrogens with zero attached hydrogens (tertiary/aromatic N) is 4. The van der Waals surface area contributed by atoms with E-state index in [0.29, 0.717) is 30.4 Å². The van der Waals surface area contributed by atoms with E-state index in [1.54, 1.807) is 26.3 Å². The Morgan fingerprint density at radius 1 is 1.40 bits per heavy atom. The molecule has 0 aliphatic heterocycles. The molecule has 0 saturated heterocycles. The van der Waals surface area contributed by atoms with Gasteiger partial charge in [-0.1, -0.05) is 0 Å². The van der Waals surface area contributed by atoms with Crippen molar-refractivity contribution < 1.29 is 24.2 Å². The number of H-pyrrole nitrogens is 1. The molecule has 30 heavy (non-hydrogen) atoms. The number of aromatic nitrogens is 4. The molecule has 0 bridgehead atoms. The fourth-order valence-electron chi connectivity index (χ4n) is 4.06. The van der Waals surface area contributed by atoms with Crippen LogP contribution in [-0.2, 0) is 11.8 Å². The van der Waals surface area contributed by atoms with Crippen LogP contribution in [0.1, 0.15) is 48.3 Å². The van der Waals surface area contributed by atoms with Gasteiger partial charge in [-0.05, 0) is 26.2 Å². The Hall–Kier alpha value is -3.08. The van der Waals surface area contributed by atoms with E-state index in [2.05, 4.69) is 20.6 Å². The first kappa shape index (κ1) is 21.6. The molecule has 2 aromatic heterocycles. The molecule has 164 valence electrons. The lowest BCUT2D eigenvalue weighted by atomic mass is 10.0. The molecule has 2 amide bonds. The van der Waals surface area contributed by atoms with Crippen LogP contribution in [0.5, 0.6) is 5.88 Å². The number of carboxylic acid groups (broad SMARTS) is 1. The number of aromatic amines is 1. The third kappa shape index (κ3) is 4.56. The highest BCUT2D eigenvalue weighted by atomic mass is 16.5. The Kier molecular flexibility index (Phi) is 6.60. The van der Waals surface area contributed by atoms with E-state index >= 15 is 0 Å². The first-order valence-corrected chi connectivity index (χ1v) is 9.78. The lowest BCUT2D eigenvalue weighted by molar-refractivity contribution is 0.0646. The molecule has 2 heterocycles. The smallest absolute Gasteiger partial charge is 0.407 e. The Labute approximate surface area is 174 Å². The minimum absolute atomic E-state index is 0.0825. The number of ether oxygens (including phenoxy) is 2. The summed E-state index contributed by atoms with van der Waals surface area (Å²) in [7, 11) is 4.71. The summed E-state index contributed by atoms with van der Waals surface area (Å²) in [5.74, 6) is 0.553. The Bertz CT molecular complexity index is 894. The van der Waals surface area contributed by atoms with Crippen molar-refractivity contribution in [2.45, 2.75) is 44.2 Å². The molecule has 1 saturated carbocycles. The van der Waals surface area contributed by atoms with Crippen LogP contribution in [0.15, 0.2) is 12.1 Å². The standard InChI is InChI=1S/C19H28N6O5/c1-11(10-29-3)25(19(27)28)13-6-5-12(7-13)14-8-16(22-21-14)20-18(26)15-9-17(30-4)23-24(15)2/h8-9,11-13H,5-7,10H2,1-4H3,(H,27,28)(H2,20,21,22,26)/t11-,12?,13?/m0/s1. The molecule has 1 fully saturated rings. The average molecular weight is 420 g/mol. The molecule has 0 spiro atoms. The second kappa shape index (κ2) is 9.16. The molecular weight excluding hydrogens is 392 g/mol. The lowest BCUT2D eigenvalue weighted by Crippen LogP contribution is -2.46. The highest BCUT2D eigenvalue weighted by molar-refractivity contribution is 6.02. The molecule has 3 atom stereocenters. The summed E-state index contributed by atoms with van der Waals surface area (Å²) < 4.78 is 11.6. The summed E-state index contributed by atoms with van der Waals surface area (Å²) in [5.41, 5.74) is 1.22. The monoisotopic (exact) mass is 420 g/mol. The number of carbonyl (C=O) groups is 2. The van der Waals surface area contributed by atoms with Crippen molar-refractivity contribution in [3.8, 4) is 5.88 Å². The molecule has 2 aromatic rings. The highest BCUT2D eigenvalue weighted by Gasteiger charge is 2.36. The molecule has 0 aromatic carbocycles.